The molecule has 1 aromatic rings. The number of rotatable bonds is 1. The summed E-state index contributed by atoms with van der Waals surface area (Å²) < 4.78 is 5.24. The average Bonchev–Trinajstić information content (AvgIpc) is 2.20. The smallest absolute Gasteiger partial charge is 0.152 e. The maximum Gasteiger partial charge on any atom is 0.152 e. The van der Waals surface area contributed by atoms with Gasteiger partial charge in [-0.25, -0.2) is 9.97 Å². The third-order valence-electron chi connectivity index (χ3n) is 2.24. The molecule has 0 aromatic carbocycles. The monoisotopic (exact) mass is 180 g/mol. The Kier molecular flexibility index (Phi) is 2.40. The molecule has 0 amide bonds. The zero-order chi connectivity index (χ0) is 9.10. The Morgan fingerprint density at radius 1 is 1.23 bits per heavy atom. The molecular weight excluding hydrogens is 168 g/mol. The van der Waals surface area contributed by atoms with Gasteiger partial charge in [-0.15, -0.1) is 0 Å². The predicted molar refractivity (Wildman–Crippen MR) is 46.5 cm³/mol. The second-order valence-electron chi connectivity index (χ2n) is 3.19. The van der Waals surface area contributed by atoms with Crippen LogP contribution in [0.15, 0.2) is 12.4 Å². The number of aromatic nitrogens is 2. The van der Waals surface area contributed by atoms with Crippen molar-refractivity contribution in [2.24, 2.45) is 0 Å². The van der Waals surface area contributed by atoms with Crippen molar-refractivity contribution >= 4 is 0 Å². The Balaban J connectivity index is 2.10. The van der Waals surface area contributed by atoms with Crippen molar-refractivity contribution < 1.29 is 9.84 Å². The van der Waals surface area contributed by atoms with E-state index in [1.165, 1.54) is 12.4 Å². The highest BCUT2D eigenvalue weighted by Crippen LogP contribution is 2.23. The number of aromatic hydroxyl groups is 1. The van der Waals surface area contributed by atoms with Crippen molar-refractivity contribution in [1.82, 2.24) is 9.97 Å². The lowest BCUT2D eigenvalue weighted by Crippen LogP contribution is -2.16. The van der Waals surface area contributed by atoms with Crippen LogP contribution in [-0.4, -0.2) is 28.3 Å². The molecule has 0 radical (unpaired) electrons. The van der Waals surface area contributed by atoms with Crippen LogP contribution in [0, 0.1) is 0 Å². The fourth-order valence-corrected chi connectivity index (χ4v) is 1.50. The summed E-state index contributed by atoms with van der Waals surface area (Å²) in [5, 5.41) is 9.01. The molecule has 4 nitrogen and oxygen atoms in total. The van der Waals surface area contributed by atoms with Gasteiger partial charge in [0.15, 0.2) is 5.75 Å². The van der Waals surface area contributed by atoms with E-state index in [2.05, 4.69) is 9.97 Å². The molecule has 1 aliphatic rings. The average molecular weight is 180 g/mol. The van der Waals surface area contributed by atoms with Gasteiger partial charge in [0.05, 0.1) is 12.4 Å². The van der Waals surface area contributed by atoms with Crippen LogP contribution in [0.3, 0.4) is 0 Å². The Hall–Kier alpha value is -1.16. The van der Waals surface area contributed by atoms with Crippen LogP contribution in [-0.2, 0) is 4.74 Å². The molecule has 1 aliphatic heterocycles. The second kappa shape index (κ2) is 3.70. The summed E-state index contributed by atoms with van der Waals surface area (Å²) in [7, 11) is 0. The molecule has 13 heavy (non-hydrogen) atoms. The van der Waals surface area contributed by atoms with E-state index in [4.69, 9.17) is 9.84 Å². The maximum atomic E-state index is 9.01. The minimum absolute atomic E-state index is 0.121. The van der Waals surface area contributed by atoms with Gasteiger partial charge >= 0.3 is 0 Å². The lowest BCUT2D eigenvalue weighted by molar-refractivity contribution is 0.0835. The lowest BCUT2D eigenvalue weighted by Gasteiger charge is -2.20. The van der Waals surface area contributed by atoms with Gasteiger partial charge in [-0.1, -0.05) is 0 Å². The first-order valence-corrected chi connectivity index (χ1v) is 4.45. The van der Waals surface area contributed by atoms with Gasteiger partial charge in [0.25, 0.3) is 0 Å². The molecule has 0 unspecified atom stereocenters. The fraction of sp³-hybridized carbons (Fsp3) is 0.556. The van der Waals surface area contributed by atoms with Crippen LogP contribution in [0.2, 0.25) is 0 Å². The van der Waals surface area contributed by atoms with Crippen LogP contribution in [0.5, 0.6) is 5.75 Å². The third kappa shape index (κ3) is 1.95. The van der Waals surface area contributed by atoms with Crippen LogP contribution in [0.1, 0.15) is 24.6 Å². The van der Waals surface area contributed by atoms with Gasteiger partial charge in [-0.3, -0.25) is 0 Å². The van der Waals surface area contributed by atoms with Crippen LogP contribution < -0.4 is 0 Å². The standard InChI is InChI=1S/C9H12N2O2/c12-8-5-10-9(11-6-8)7-1-3-13-4-2-7/h5-7,12H,1-4H2. The van der Waals surface area contributed by atoms with Crippen LogP contribution in [0.25, 0.3) is 0 Å². The molecule has 0 spiro atoms. The van der Waals surface area contributed by atoms with Gasteiger partial charge in [0, 0.05) is 19.1 Å². The fourth-order valence-electron chi connectivity index (χ4n) is 1.50. The summed E-state index contributed by atoms with van der Waals surface area (Å²) >= 11 is 0. The first kappa shape index (κ1) is 8.44. The maximum absolute atomic E-state index is 9.01. The normalized spacial score (nSPS) is 18.8. The molecule has 0 saturated carbocycles. The molecule has 70 valence electrons. The topological polar surface area (TPSA) is 55.2 Å². The van der Waals surface area contributed by atoms with Crippen LogP contribution in [0.4, 0.5) is 0 Å². The third-order valence-corrected chi connectivity index (χ3v) is 2.24. The molecule has 1 N–H and O–H groups in total. The molecule has 0 bridgehead atoms. The van der Waals surface area contributed by atoms with Crippen molar-refractivity contribution in [3.05, 3.63) is 18.2 Å². The van der Waals surface area contributed by atoms with Gasteiger partial charge < -0.3 is 9.84 Å². The van der Waals surface area contributed by atoms with Crippen LogP contribution >= 0.6 is 0 Å². The first-order valence-electron chi connectivity index (χ1n) is 4.45. The molecule has 1 saturated heterocycles. The Labute approximate surface area is 76.6 Å². The van der Waals surface area contributed by atoms with E-state index in [1.54, 1.807) is 0 Å². The molecule has 4 heteroatoms. The molecule has 0 atom stereocenters. The molecular formula is C9H12N2O2. The summed E-state index contributed by atoms with van der Waals surface area (Å²) in [6.45, 7) is 1.57. The van der Waals surface area contributed by atoms with E-state index in [0.29, 0.717) is 5.92 Å². The lowest BCUT2D eigenvalue weighted by atomic mass is 10.00. The summed E-state index contributed by atoms with van der Waals surface area (Å²) in [5.74, 6) is 1.34. The molecule has 1 fully saturated rings. The molecule has 2 heterocycles. The predicted octanol–water partition coefficient (Wildman–Crippen LogP) is 1.08. The van der Waals surface area contributed by atoms with Crippen molar-refractivity contribution in [3.8, 4) is 5.75 Å². The van der Waals surface area contributed by atoms with Crippen molar-refractivity contribution in [2.45, 2.75) is 18.8 Å². The highest BCUT2D eigenvalue weighted by Gasteiger charge is 2.17. The number of hydrogen-bond acceptors (Lipinski definition) is 4. The van der Waals surface area contributed by atoms with Gasteiger partial charge in [0.2, 0.25) is 0 Å². The Bertz CT molecular complexity index is 267. The molecule has 2 rings (SSSR count). The van der Waals surface area contributed by atoms with E-state index >= 15 is 0 Å². The number of nitrogens with zero attached hydrogens (tertiary/aromatic N) is 2. The highest BCUT2D eigenvalue weighted by atomic mass is 16.5. The van der Waals surface area contributed by atoms with Gasteiger partial charge in [0.1, 0.15) is 5.82 Å². The summed E-state index contributed by atoms with van der Waals surface area (Å²) in [4.78, 5) is 8.17. The number of hydrogen-bond donors (Lipinski definition) is 1. The van der Waals surface area contributed by atoms with Gasteiger partial charge in [-0.2, -0.15) is 0 Å². The van der Waals surface area contributed by atoms with E-state index in [1.807, 2.05) is 0 Å². The van der Waals surface area contributed by atoms with Crippen molar-refractivity contribution in [3.63, 3.8) is 0 Å². The van der Waals surface area contributed by atoms with E-state index in [9.17, 15) is 0 Å². The van der Waals surface area contributed by atoms with E-state index in [0.717, 1.165) is 31.9 Å². The molecule has 0 aliphatic carbocycles. The quantitative estimate of drug-likeness (QED) is 0.702. The minimum atomic E-state index is 0.121. The summed E-state index contributed by atoms with van der Waals surface area (Å²) in [5.41, 5.74) is 0. The second-order valence-corrected chi connectivity index (χ2v) is 3.19. The van der Waals surface area contributed by atoms with E-state index in [-0.39, 0.29) is 5.75 Å². The van der Waals surface area contributed by atoms with Crippen molar-refractivity contribution in [2.75, 3.05) is 13.2 Å². The first-order chi connectivity index (χ1) is 6.36. The summed E-state index contributed by atoms with van der Waals surface area (Å²) in [6, 6.07) is 0. The van der Waals surface area contributed by atoms with Crippen molar-refractivity contribution in [1.29, 1.82) is 0 Å². The summed E-state index contributed by atoms with van der Waals surface area (Å²) in [6.07, 6.45) is 4.84. The zero-order valence-corrected chi connectivity index (χ0v) is 7.31. The van der Waals surface area contributed by atoms with Gasteiger partial charge in [-0.05, 0) is 12.8 Å². The highest BCUT2D eigenvalue weighted by molar-refractivity contribution is 5.11. The largest absolute Gasteiger partial charge is 0.505 e. The SMILES string of the molecule is Oc1cnc(C2CCOCC2)nc1. The van der Waals surface area contributed by atoms with E-state index < -0.39 is 0 Å². The Morgan fingerprint density at radius 3 is 2.46 bits per heavy atom. The minimum Gasteiger partial charge on any atom is -0.505 e. The zero-order valence-electron chi connectivity index (χ0n) is 7.31. The number of ether oxygens (including phenoxy) is 1. The molecule has 1 aromatic heterocycles. The Morgan fingerprint density at radius 2 is 1.85 bits per heavy atom.